The summed E-state index contributed by atoms with van der Waals surface area (Å²) in [5.41, 5.74) is 1.14. The summed E-state index contributed by atoms with van der Waals surface area (Å²) in [6.45, 7) is 3.86. The zero-order valence-corrected chi connectivity index (χ0v) is 15.0. The number of hydrogen-bond acceptors (Lipinski definition) is 3. The second-order valence-electron chi connectivity index (χ2n) is 7.51. The summed E-state index contributed by atoms with van der Waals surface area (Å²) in [6.07, 6.45) is 7.76. The van der Waals surface area contributed by atoms with Crippen molar-refractivity contribution in [3.8, 4) is 6.07 Å². The van der Waals surface area contributed by atoms with E-state index in [9.17, 15) is 4.39 Å². The molecule has 0 aromatic heterocycles. The monoisotopic (exact) mass is 345 g/mol. The van der Waals surface area contributed by atoms with Crippen molar-refractivity contribution in [2.45, 2.75) is 64.1 Å². The van der Waals surface area contributed by atoms with Gasteiger partial charge in [0.05, 0.1) is 18.8 Å². The van der Waals surface area contributed by atoms with E-state index in [1.807, 2.05) is 12.1 Å². The first kappa shape index (κ1) is 18.4. The molecule has 3 nitrogen and oxygen atoms in total. The molecule has 25 heavy (non-hydrogen) atoms. The van der Waals surface area contributed by atoms with Crippen molar-refractivity contribution in [3.63, 3.8) is 0 Å². The highest BCUT2D eigenvalue weighted by Gasteiger charge is 2.32. The average molecular weight is 345 g/mol. The van der Waals surface area contributed by atoms with Gasteiger partial charge in [0.15, 0.2) is 6.29 Å². The molecule has 0 N–H and O–H groups in total. The molecule has 0 atom stereocenters. The molecule has 3 rings (SSSR count). The Hall–Kier alpha value is -1.44. The van der Waals surface area contributed by atoms with Gasteiger partial charge in [-0.2, -0.15) is 5.26 Å². The molecule has 1 aliphatic heterocycles. The predicted octanol–water partition coefficient (Wildman–Crippen LogP) is 5.15. The first-order valence-electron chi connectivity index (χ1n) is 9.64. The summed E-state index contributed by atoms with van der Waals surface area (Å²) >= 11 is 0. The highest BCUT2D eigenvalue weighted by atomic mass is 19.1. The van der Waals surface area contributed by atoms with E-state index in [2.05, 4.69) is 6.92 Å². The maximum absolute atomic E-state index is 13.8. The molecule has 0 spiro atoms. The highest BCUT2D eigenvalue weighted by molar-refractivity contribution is 5.34. The van der Waals surface area contributed by atoms with E-state index in [0.29, 0.717) is 17.8 Å². The number of hydrogen-bond donors (Lipinski definition) is 0. The van der Waals surface area contributed by atoms with Gasteiger partial charge >= 0.3 is 0 Å². The van der Waals surface area contributed by atoms with E-state index >= 15 is 0 Å². The van der Waals surface area contributed by atoms with Gasteiger partial charge in [-0.1, -0.05) is 25.8 Å². The molecule has 4 heteroatoms. The van der Waals surface area contributed by atoms with Crippen molar-refractivity contribution in [2.24, 2.45) is 11.8 Å². The third-order valence-electron chi connectivity index (χ3n) is 5.70. The summed E-state index contributed by atoms with van der Waals surface area (Å²) in [6, 6.07) is 6.92. The zero-order chi connectivity index (χ0) is 17.6. The normalized spacial score (nSPS) is 30.0. The van der Waals surface area contributed by atoms with Crippen molar-refractivity contribution >= 4 is 0 Å². The van der Waals surface area contributed by atoms with Gasteiger partial charge < -0.3 is 9.47 Å². The van der Waals surface area contributed by atoms with E-state index in [4.69, 9.17) is 14.7 Å². The first-order valence-corrected chi connectivity index (χ1v) is 9.64. The van der Waals surface area contributed by atoms with Crippen LogP contribution in [0.3, 0.4) is 0 Å². The molecule has 1 saturated carbocycles. The van der Waals surface area contributed by atoms with E-state index in [0.717, 1.165) is 44.5 Å². The minimum Gasteiger partial charge on any atom is -0.352 e. The number of nitriles is 1. The average Bonchev–Trinajstić information content (AvgIpc) is 2.67. The van der Waals surface area contributed by atoms with Gasteiger partial charge in [0.25, 0.3) is 0 Å². The van der Waals surface area contributed by atoms with Crippen molar-refractivity contribution < 1.29 is 13.9 Å². The quantitative estimate of drug-likeness (QED) is 0.741. The lowest BCUT2D eigenvalue weighted by Gasteiger charge is -2.37. The van der Waals surface area contributed by atoms with Gasteiger partial charge in [-0.15, -0.1) is 0 Å². The van der Waals surface area contributed by atoms with Crippen LogP contribution in [0.5, 0.6) is 0 Å². The standard InChI is InChI=1S/C21H28FNO2/c1-2-3-4-15-13-24-21(25-14-15)17-7-5-16(6-8-17)18-9-10-19(12-23)20(22)11-18/h9-11,15-17,21H,2-8,13-14H2,1H3/t15-,16?,17?,21-. The summed E-state index contributed by atoms with van der Waals surface area (Å²) in [5.74, 6) is 0.972. The number of rotatable bonds is 5. The number of ether oxygens (including phenoxy) is 2. The van der Waals surface area contributed by atoms with Gasteiger partial charge in [-0.3, -0.25) is 0 Å². The van der Waals surface area contributed by atoms with E-state index in [1.165, 1.54) is 25.3 Å². The van der Waals surface area contributed by atoms with Crippen LogP contribution in [0.1, 0.15) is 68.9 Å². The van der Waals surface area contributed by atoms with Gasteiger partial charge in [0.1, 0.15) is 11.9 Å². The molecular weight excluding hydrogens is 317 g/mol. The second kappa shape index (κ2) is 8.78. The van der Waals surface area contributed by atoms with Crippen LogP contribution in [0.2, 0.25) is 0 Å². The van der Waals surface area contributed by atoms with Crippen molar-refractivity contribution in [1.29, 1.82) is 5.26 Å². The predicted molar refractivity (Wildman–Crippen MR) is 94.5 cm³/mol. The summed E-state index contributed by atoms with van der Waals surface area (Å²) in [7, 11) is 0. The third-order valence-corrected chi connectivity index (χ3v) is 5.70. The van der Waals surface area contributed by atoms with Crippen LogP contribution < -0.4 is 0 Å². The molecule has 1 aromatic rings. The molecule has 0 radical (unpaired) electrons. The Morgan fingerprint density at radius 1 is 1.16 bits per heavy atom. The number of unbranched alkanes of at least 4 members (excludes halogenated alkanes) is 1. The van der Waals surface area contributed by atoms with E-state index in [1.54, 1.807) is 6.07 Å². The Morgan fingerprint density at radius 3 is 2.48 bits per heavy atom. The topological polar surface area (TPSA) is 42.2 Å². The van der Waals surface area contributed by atoms with Crippen LogP contribution in [0, 0.1) is 29.0 Å². The Kier molecular flexibility index (Phi) is 6.45. The Morgan fingerprint density at radius 2 is 1.88 bits per heavy atom. The van der Waals surface area contributed by atoms with Crippen LogP contribution in [0.4, 0.5) is 4.39 Å². The number of nitrogens with zero attached hydrogens (tertiary/aromatic N) is 1. The molecule has 136 valence electrons. The molecule has 0 bridgehead atoms. The van der Waals surface area contributed by atoms with Gasteiger partial charge in [-0.25, -0.2) is 4.39 Å². The van der Waals surface area contributed by atoms with E-state index < -0.39 is 5.82 Å². The van der Waals surface area contributed by atoms with Crippen LogP contribution in [0.25, 0.3) is 0 Å². The zero-order valence-electron chi connectivity index (χ0n) is 15.0. The van der Waals surface area contributed by atoms with Crippen molar-refractivity contribution in [2.75, 3.05) is 13.2 Å². The molecule has 2 fully saturated rings. The molecule has 1 aliphatic carbocycles. The number of halogens is 1. The minimum absolute atomic E-state index is 0.0588. The van der Waals surface area contributed by atoms with E-state index in [-0.39, 0.29) is 11.9 Å². The molecular formula is C21H28FNO2. The summed E-state index contributed by atoms with van der Waals surface area (Å²) in [5, 5.41) is 8.85. The first-order chi connectivity index (χ1) is 12.2. The Labute approximate surface area is 150 Å². The molecule has 1 aromatic carbocycles. The number of benzene rings is 1. The highest BCUT2D eigenvalue weighted by Crippen LogP contribution is 2.39. The SMILES string of the molecule is CCCC[C@H]1CO[C@H](C2CCC(c3ccc(C#N)c(F)c3)CC2)OC1. The van der Waals surface area contributed by atoms with Gasteiger partial charge in [-0.05, 0) is 55.7 Å². The van der Waals surface area contributed by atoms with Crippen LogP contribution in [-0.4, -0.2) is 19.5 Å². The smallest absolute Gasteiger partial charge is 0.160 e. The van der Waals surface area contributed by atoms with Gasteiger partial charge in [0.2, 0.25) is 0 Å². The fraction of sp³-hybridized carbons (Fsp3) is 0.667. The lowest BCUT2D eigenvalue weighted by atomic mass is 9.78. The second-order valence-corrected chi connectivity index (χ2v) is 7.51. The van der Waals surface area contributed by atoms with Gasteiger partial charge in [0, 0.05) is 11.8 Å². The Bertz CT molecular complexity index is 596. The Balaban J connectivity index is 1.48. The van der Waals surface area contributed by atoms with Crippen molar-refractivity contribution in [1.82, 2.24) is 0 Å². The molecule has 1 saturated heterocycles. The third kappa shape index (κ3) is 4.59. The fourth-order valence-corrected chi connectivity index (χ4v) is 4.09. The summed E-state index contributed by atoms with van der Waals surface area (Å²) < 4.78 is 25.8. The lowest BCUT2D eigenvalue weighted by Crippen LogP contribution is -2.38. The largest absolute Gasteiger partial charge is 0.352 e. The molecule has 0 unspecified atom stereocenters. The minimum atomic E-state index is -0.404. The molecule has 2 aliphatic rings. The maximum Gasteiger partial charge on any atom is 0.160 e. The van der Waals surface area contributed by atoms with Crippen LogP contribution >= 0.6 is 0 Å². The fourth-order valence-electron chi connectivity index (χ4n) is 4.09. The lowest BCUT2D eigenvalue weighted by molar-refractivity contribution is -0.229. The molecule has 1 heterocycles. The summed E-state index contributed by atoms with van der Waals surface area (Å²) in [4.78, 5) is 0. The van der Waals surface area contributed by atoms with Crippen LogP contribution in [-0.2, 0) is 9.47 Å². The van der Waals surface area contributed by atoms with Crippen LogP contribution in [0.15, 0.2) is 18.2 Å². The molecule has 0 amide bonds. The maximum atomic E-state index is 13.8. The van der Waals surface area contributed by atoms with Crippen molar-refractivity contribution in [3.05, 3.63) is 35.1 Å².